The zero-order chi connectivity index (χ0) is 18.8. The molecule has 1 saturated heterocycles. The fourth-order valence-electron chi connectivity index (χ4n) is 4.08. The highest BCUT2D eigenvalue weighted by molar-refractivity contribution is 5.94. The van der Waals surface area contributed by atoms with E-state index in [1.54, 1.807) is 17.0 Å². The number of fused-ring (bicyclic) bond motifs is 1. The summed E-state index contributed by atoms with van der Waals surface area (Å²) in [5.41, 5.74) is 2.66. The van der Waals surface area contributed by atoms with Crippen LogP contribution in [0, 0.1) is 11.7 Å². The minimum absolute atomic E-state index is 0.0556. The van der Waals surface area contributed by atoms with E-state index < -0.39 is 5.82 Å². The second kappa shape index (κ2) is 7.51. The number of piperidine rings is 1. The largest absolute Gasteiger partial charge is 0.339 e. The molecule has 140 valence electrons. The molecule has 4 rings (SSSR count). The Kier molecular flexibility index (Phi) is 4.92. The first-order valence-electron chi connectivity index (χ1n) is 9.53. The van der Waals surface area contributed by atoms with Crippen LogP contribution in [0.5, 0.6) is 0 Å². The van der Waals surface area contributed by atoms with Crippen molar-refractivity contribution in [1.82, 2.24) is 9.80 Å². The Labute approximate surface area is 158 Å². The molecular formula is C22H23FN2O2. The Morgan fingerprint density at radius 3 is 2.26 bits per heavy atom. The monoisotopic (exact) mass is 366 g/mol. The quantitative estimate of drug-likeness (QED) is 0.819. The molecule has 0 bridgehead atoms. The van der Waals surface area contributed by atoms with Crippen molar-refractivity contribution in [3.63, 3.8) is 0 Å². The van der Waals surface area contributed by atoms with Gasteiger partial charge in [-0.1, -0.05) is 36.4 Å². The van der Waals surface area contributed by atoms with Gasteiger partial charge in [0.1, 0.15) is 5.82 Å². The van der Waals surface area contributed by atoms with Crippen molar-refractivity contribution >= 4 is 11.8 Å². The normalized spacial score (nSPS) is 17.5. The molecule has 0 radical (unpaired) electrons. The van der Waals surface area contributed by atoms with Crippen LogP contribution < -0.4 is 0 Å². The average molecular weight is 366 g/mol. The third kappa shape index (κ3) is 3.59. The van der Waals surface area contributed by atoms with Crippen LogP contribution >= 0.6 is 0 Å². The van der Waals surface area contributed by atoms with Gasteiger partial charge in [-0.25, -0.2) is 4.39 Å². The lowest BCUT2D eigenvalue weighted by Crippen LogP contribution is -2.45. The van der Waals surface area contributed by atoms with Crippen LogP contribution in [0.4, 0.5) is 4.39 Å². The number of rotatable bonds is 2. The van der Waals surface area contributed by atoms with E-state index in [0.717, 1.165) is 13.0 Å². The highest BCUT2D eigenvalue weighted by Gasteiger charge is 2.32. The number of carbonyl (C=O) groups excluding carboxylic acids is 2. The SMILES string of the molecule is O=C(c1ccccc1F)N1CCC(C(=O)N2CCc3ccccc3C2)CC1. The number of carbonyl (C=O) groups is 2. The third-order valence-corrected chi connectivity index (χ3v) is 5.68. The maximum absolute atomic E-state index is 13.9. The molecule has 2 amide bonds. The molecule has 1 fully saturated rings. The number of hydrogen-bond donors (Lipinski definition) is 0. The van der Waals surface area contributed by atoms with Crippen molar-refractivity contribution in [1.29, 1.82) is 0 Å². The van der Waals surface area contributed by atoms with Gasteiger partial charge in [-0.15, -0.1) is 0 Å². The van der Waals surface area contributed by atoms with E-state index in [-0.39, 0.29) is 23.3 Å². The molecule has 2 aromatic carbocycles. The van der Waals surface area contributed by atoms with Crippen molar-refractivity contribution in [2.75, 3.05) is 19.6 Å². The molecule has 27 heavy (non-hydrogen) atoms. The predicted octanol–water partition coefficient (Wildman–Crippen LogP) is 3.26. The van der Waals surface area contributed by atoms with E-state index >= 15 is 0 Å². The molecule has 0 spiro atoms. The Morgan fingerprint density at radius 2 is 1.52 bits per heavy atom. The highest BCUT2D eigenvalue weighted by Crippen LogP contribution is 2.25. The van der Waals surface area contributed by atoms with E-state index in [1.807, 2.05) is 17.0 Å². The van der Waals surface area contributed by atoms with Crippen LogP contribution in [-0.4, -0.2) is 41.2 Å². The van der Waals surface area contributed by atoms with Gasteiger partial charge in [-0.3, -0.25) is 9.59 Å². The van der Waals surface area contributed by atoms with Crippen LogP contribution in [0.2, 0.25) is 0 Å². The highest BCUT2D eigenvalue weighted by atomic mass is 19.1. The van der Waals surface area contributed by atoms with E-state index in [4.69, 9.17) is 0 Å². The minimum Gasteiger partial charge on any atom is -0.339 e. The van der Waals surface area contributed by atoms with Gasteiger partial charge >= 0.3 is 0 Å². The third-order valence-electron chi connectivity index (χ3n) is 5.68. The molecule has 5 heteroatoms. The number of likely N-dealkylation sites (tertiary alicyclic amines) is 1. The Bertz CT molecular complexity index is 859. The summed E-state index contributed by atoms with van der Waals surface area (Å²) in [6.07, 6.45) is 2.17. The van der Waals surface area contributed by atoms with E-state index in [1.165, 1.54) is 23.3 Å². The zero-order valence-electron chi connectivity index (χ0n) is 15.2. The lowest BCUT2D eigenvalue weighted by molar-refractivity contribution is -0.137. The molecular weight excluding hydrogens is 343 g/mol. The van der Waals surface area contributed by atoms with Crippen molar-refractivity contribution in [3.8, 4) is 0 Å². The fourth-order valence-corrected chi connectivity index (χ4v) is 4.08. The van der Waals surface area contributed by atoms with Crippen molar-refractivity contribution < 1.29 is 14.0 Å². The molecule has 0 saturated carbocycles. The van der Waals surface area contributed by atoms with Gasteiger partial charge in [0.25, 0.3) is 5.91 Å². The van der Waals surface area contributed by atoms with Gasteiger partial charge in [-0.05, 0) is 42.5 Å². The topological polar surface area (TPSA) is 40.6 Å². The van der Waals surface area contributed by atoms with Gasteiger partial charge in [0.05, 0.1) is 5.56 Å². The second-order valence-electron chi connectivity index (χ2n) is 7.32. The Hall–Kier alpha value is -2.69. The smallest absolute Gasteiger partial charge is 0.256 e. The molecule has 4 nitrogen and oxygen atoms in total. The number of nitrogens with zero attached hydrogens (tertiary/aromatic N) is 2. The lowest BCUT2D eigenvalue weighted by Gasteiger charge is -2.36. The number of amides is 2. The Morgan fingerprint density at radius 1 is 0.852 bits per heavy atom. The predicted molar refractivity (Wildman–Crippen MR) is 101 cm³/mol. The molecule has 2 aromatic rings. The average Bonchev–Trinajstić information content (AvgIpc) is 2.73. The Balaban J connectivity index is 1.36. The molecule has 2 heterocycles. The maximum Gasteiger partial charge on any atom is 0.256 e. The number of halogens is 1. The van der Waals surface area contributed by atoms with E-state index in [0.29, 0.717) is 32.5 Å². The summed E-state index contributed by atoms with van der Waals surface area (Å²) in [5, 5.41) is 0. The standard InChI is InChI=1S/C22H23FN2O2/c23-20-8-4-3-7-19(20)22(27)24-12-10-17(11-13-24)21(26)25-14-9-16-5-1-2-6-18(16)15-25/h1-8,17H,9-15H2. The molecule has 0 unspecified atom stereocenters. The van der Waals surface area contributed by atoms with Crippen LogP contribution in [0.15, 0.2) is 48.5 Å². The van der Waals surface area contributed by atoms with Crippen molar-refractivity contribution in [2.45, 2.75) is 25.8 Å². The molecule has 0 aromatic heterocycles. The summed E-state index contributed by atoms with van der Waals surface area (Å²) in [7, 11) is 0. The van der Waals surface area contributed by atoms with Gasteiger partial charge in [0, 0.05) is 32.1 Å². The molecule has 2 aliphatic heterocycles. The maximum atomic E-state index is 13.9. The lowest BCUT2D eigenvalue weighted by atomic mass is 9.92. The van der Waals surface area contributed by atoms with Gasteiger partial charge in [0.2, 0.25) is 5.91 Å². The summed E-state index contributed by atoms with van der Waals surface area (Å²) >= 11 is 0. The number of benzene rings is 2. The molecule has 0 atom stereocenters. The summed E-state index contributed by atoms with van der Waals surface area (Å²) < 4.78 is 13.9. The summed E-state index contributed by atoms with van der Waals surface area (Å²) in [4.78, 5) is 29.1. The summed E-state index contributed by atoms with van der Waals surface area (Å²) in [6.45, 7) is 2.41. The molecule has 2 aliphatic rings. The number of hydrogen-bond acceptors (Lipinski definition) is 2. The van der Waals surface area contributed by atoms with Gasteiger partial charge in [-0.2, -0.15) is 0 Å². The van der Waals surface area contributed by atoms with Gasteiger partial charge in [0.15, 0.2) is 0 Å². The summed E-state index contributed by atoms with van der Waals surface area (Å²) in [6, 6.07) is 14.3. The minimum atomic E-state index is -0.493. The van der Waals surface area contributed by atoms with Crippen LogP contribution in [0.3, 0.4) is 0 Å². The first-order valence-corrected chi connectivity index (χ1v) is 9.53. The van der Waals surface area contributed by atoms with Crippen LogP contribution in [0.1, 0.15) is 34.3 Å². The zero-order valence-corrected chi connectivity index (χ0v) is 15.2. The van der Waals surface area contributed by atoms with Gasteiger partial charge < -0.3 is 9.80 Å². The van der Waals surface area contributed by atoms with Crippen molar-refractivity contribution in [2.24, 2.45) is 5.92 Å². The van der Waals surface area contributed by atoms with Crippen LogP contribution in [-0.2, 0) is 17.8 Å². The first-order chi connectivity index (χ1) is 13.1. The molecule has 0 aliphatic carbocycles. The first kappa shape index (κ1) is 17.7. The second-order valence-corrected chi connectivity index (χ2v) is 7.32. The fraction of sp³-hybridized carbons (Fsp3) is 0.364. The summed E-state index contributed by atoms with van der Waals surface area (Å²) in [5.74, 6) is -0.652. The van der Waals surface area contributed by atoms with E-state index in [9.17, 15) is 14.0 Å². The molecule has 0 N–H and O–H groups in total. The van der Waals surface area contributed by atoms with Crippen molar-refractivity contribution in [3.05, 3.63) is 71.0 Å². The van der Waals surface area contributed by atoms with Crippen LogP contribution in [0.25, 0.3) is 0 Å². The van der Waals surface area contributed by atoms with E-state index in [2.05, 4.69) is 12.1 Å².